The number of methoxy groups -OCH3 is 2. The van der Waals surface area contributed by atoms with Crippen LogP contribution in [0.4, 0.5) is 11.6 Å². The number of allylic oxidation sites excluding steroid dienone is 1. The van der Waals surface area contributed by atoms with Crippen molar-refractivity contribution in [3.05, 3.63) is 102 Å². The van der Waals surface area contributed by atoms with Gasteiger partial charge in [0.15, 0.2) is 0 Å². The average molecular weight is 498 g/mol. The maximum absolute atomic E-state index is 13.8. The molecule has 188 valence electrons. The Morgan fingerprint density at radius 1 is 1.00 bits per heavy atom. The predicted octanol–water partition coefficient (Wildman–Crippen LogP) is 4.80. The lowest BCUT2D eigenvalue weighted by Gasteiger charge is -2.30. The molecule has 9 nitrogen and oxygen atoms in total. The van der Waals surface area contributed by atoms with E-state index in [9.17, 15) is 4.79 Å². The van der Waals surface area contributed by atoms with Crippen molar-refractivity contribution in [2.45, 2.75) is 19.6 Å². The third-order valence-electron chi connectivity index (χ3n) is 6.14. The summed E-state index contributed by atoms with van der Waals surface area (Å²) in [4.78, 5) is 18.2. The fraction of sp³-hybridized carbons (Fsp3) is 0.179. The number of ether oxygens (including phenoxy) is 3. The number of fused-ring (bicyclic) bond motifs is 1. The van der Waals surface area contributed by atoms with Gasteiger partial charge in [-0.25, -0.2) is 4.68 Å². The highest BCUT2D eigenvalue weighted by molar-refractivity contribution is 6.06. The molecule has 1 amide bonds. The Labute approximate surface area is 214 Å². The van der Waals surface area contributed by atoms with E-state index in [1.807, 2.05) is 61.5 Å². The number of rotatable bonds is 8. The van der Waals surface area contributed by atoms with Crippen LogP contribution in [0, 0.1) is 0 Å². The van der Waals surface area contributed by atoms with Gasteiger partial charge in [-0.2, -0.15) is 10.1 Å². The number of amides is 1. The monoisotopic (exact) mass is 497 g/mol. The van der Waals surface area contributed by atoms with Gasteiger partial charge >= 0.3 is 0 Å². The van der Waals surface area contributed by atoms with E-state index in [1.54, 1.807) is 37.1 Å². The average Bonchev–Trinajstić information content (AvgIpc) is 3.40. The number of anilines is 2. The summed E-state index contributed by atoms with van der Waals surface area (Å²) in [6.07, 6.45) is 1.46. The highest BCUT2D eigenvalue weighted by Gasteiger charge is 2.35. The lowest BCUT2D eigenvalue weighted by molar-refractivity contribution is -0.113. The van der Waals surface area contributed by atoms with E-state index < -0.39 is 6.04 Å². The van der Waals surface area contributed by atoms with Gasteiger partial charge in [0.05, 0.1) is 25.5 Å². The number of nitrogens with one attached hydrogen (secondary N) is 2. The smallest absolute Gasteiger partial charge is 0.255 e. The fourth-order valence-corrected chi connectivity index (χ4v) is 4.35. The molecular formula is C28H27N5O4. The van der Waals surface area contributed by atoms with Crippen molar-refractivity contribution in [3.63, 3.8) is 0 Å². The zero-order valence-electron chi connectivity index (χ0n) is 20.8. The maximum Gasteiger partial charge on any atom is 0.255 e. The summed E-state index contributed by atoms with van der Waals surface area (Å²) in [5, 5.41) is 10.6. The Morgan fingerprint density at radius 3 is 2.57 bits per heavy atom. The summed E-state index contributed by atoms with van der Waals surface area (Å²) in [6.45, 7) is 2.23. The van der Waals surface area contributed by atoms with Crippen LogP contribution in [0.25, 0.3) is 0 Å². The molecule has 5 rings (SSSR count). The lowest BCUT2D eigenvalue weighted by Crippen LogP contribution is -2.31. The molecule has 0 radical (unpaired) electrons. The van der Waals surface area contributed by atoms with E-state index in [4.69, 9.17) is 14.2 Å². The summed E-state index contributed by atoms with van der Waals surface area (Å²) < 4.78 is 18.7. The molecule has 37 heavy (non-hydrogen) atoms. The van der Waals surface area contributed by atoms with E-state index in [1.165, 1.54) is 6.33 Å². The standard InChI is InChI=1S/C28H27N5O4/c1-18-25(27(34)32-22-15-20(35-2)13-14-24(22)36-3)26(33-28(31-18)29-17-30-33)21-11-7-8-12-23(21)37-16-19-9-5-4-6-10-19/h4-15,17,26H,16H2,1-3H3,(H,32,34)(H,29,30,31)/t26-/m0/s1. The second-order valence-corrected chi connectivity index (χ2v) is 8.43. The molecule has 0 saturated heterocycles. The van der Waals surface area contributed by atoms with Gasteiger partial charge in [-0.05, 0) is 30.7 Å². The second-order valence-electron chi connectivity index (χ2n) is 8.43. The summed E-state index contributed by atoms with van der Waals surface area (Å²) in [5.74, 6) is 1.98. The largest absolute Gasteiger partial charge is 0.497 e. The first-order chi connectivity index (χ1) is 18.1. The molecule has 1 atom stereocenters. The number of para-hydroxylation sites is 1. The summed E-state index contributed by atoms with van der Waals surface area (Å²) in [5.41, 5.74) is 3.44. The molecule has 1 aromatic heterocycles. The van der Waals surface area contributed by atoms with Gasteiger partial charge in [0.25, 0.3) is 5.91 Å². The topological polar surface area (TPSA) is 99.5 Å². The zero-order chi connectivity index (χ0) is 25.8. The van der Waals surface area contributed by atoms with E-state index in [-0.39, 0.29) is 5.91 Å². The number of hydrogen-bond acceptors (Lipinski definition) is 7. The van der Waals surface area contributed by atoms with Gasteiger partial charge in [0, 0.05) is 17.3 Å². The molecule has 0 spiro atoms. The van der Waals surface area contributed by atoms with E-state index in [0.29, 0.717) is 46.8 Å². The quantitative estimate of drug-likeness (QED) is 0.361. The first kappa shape index (κ1) is 23.9. The number of carbonyl (C=O) groups is 1. The minimum Gasteiger partial charge on any atom is -0.497 e. The Hall–Kier alpha value is -4.79. The fourth-order valence-electron chi connectivity index (χ4n) is 4.35. The number of benzene rings is 3. The van der Waals surface area contributed by atoms with Crippen LogP contribution in [0.5, 0.6) is 17.2 Å². The predicted molar refractivity (Wildman–Crippen MR) is 140 cm³/mol. The minimum atomic E-state index is -0.581. The van der Waals surface area contributed by atoms with Crippen LogP contribution in [0.2, 0.25) is 0 Å². The molecule has 0 aliphatic carbocycles. The highest BCUT2D eigenvalue weighted by atomic mass is 16.5. The van der Waals surface area contributed by atoms with Crippen molar-refractivity contribution in [3.8, 4) is 17.2 Å². The molecule has 4 aromatic rings. The van der Waals surface area contributed by atoms with Crippen LogP contribution in [0.15, 0.2) is 90.4 Å². The Bertz CT molecular complexity index is 1450. The second kappa shape index (κ2) is 10.4. The Morgan fingerprint density at radius 2 is 1.78 bits per heavy atom. The van der Waals surface area contributed by atoms with Gasteiger partial charge in [-0.15, -0.1) is 0 Å². The summed E-state index contributed by atoms with van der Waals surface area (Å²) in [7, 11) is 3.12. The van der Waals surface area contributed by atoms with Crippen molar-refractivity contribution in [1.82, 2.24) is 14.8 Å². The molecule has 0 fully saturated rings. The van der Waals surface area contributed by atoms with E-state index in [0.717, 1.165) is 11.1 Å². The Kier molecular flexibility index (Phi) is 6.76. The molecule has 0 unspecified atom stereocenters. The molecule has 0 bridgehead atoms. The van der Waals surface area contributed by atoms with Gasteiger partial charge < -0.3 is 24.8 Å². The third kappa shape index (κ3) is 4.84. The first-order valence-electron chi connectivity index (χ1n) is 11.8. The van der Waals surface area contributed by atoms with Crippen LogP contribution in [0.3, 0.4) is 0 Å². The van der Waals surface area contributed by atoms with Crippen LogP contribution < -0.4 is 24.8 Å². The number of hydrogen-bond donors (Lipinski definition) is 2. The highest BCUT2D eigenvalue weighted by Crippen LogP contribution is 2.40. The van der Waals surface area contributed by atoms with Crippen LogP contribution in [0.1, 0.15) is 24.1 Å². The summed E-state index contributed by atoms with van der Waals surface area (Å²) >= 11 is 0. The zero-order valence-corrected chi connectivity index (χ0v) is 20.8. The van der Waals surface area contributed by atoms with Gasteiger partial charge in [0.2, 0.25) is 5.95 Å². The molecule has 1 aliphatic heterocycles. The maximum atomic E-state index is 13.8. The van der Waals surface area contributed by atoms with Crippen LogP contribution in [-0.4, -0.2) is 34.9 Å². The molecule has 1 aliphatic rings. The van der Waals surface area contributed by atoms with Gasteiger partial charge in [0.1, 0.15) is 36.2 Å². The lowest BCUT2D eigenvalue weighted by atomic mass is 9.94. The SMILES string of the molecule is COc1ccc(OC)c(NC(=O)C2=C(C)Nc3ncnn3[C@H]2c2ccccc2OCc2ccccc2)c1. The number of nitrogens with zero attached hydrogens (tertiary/aromatic N) is 3. The van der Waals surface area contributed by atoms with Crippen LogP contribution >= 0.6 is 0 Å². The normalized spacial score (nSPS) is 14.4. The first-order valence-corrected chi connectivity index (χ1v) is 11.8. The van der Waals surface area contributed by atoms with E-state index >= 15 is 0 Å². The molecule has 9 heteroatoms. The number of carbonyl (C=O) groups excluding carboxylic acids is 1. The molecule has 2 N–H and O–H groups in total. The molecular weight excluding hydrogens is 470 g/mol. The van der Waals surface area contributed by atoms with E-state index in [2.05, 4.69) is 20.7 Å². The van der Waals surface area contributed by atoms with Crippen molar-refractivity contribution in [2.75, 3.05) is 24.9 Å². The number of aromatic nitrogens is 3. The van der Waals surface area contributed by atoms with Crippen LogP contribution in [-0.2, 0) is 11.4 Å². The molecule has 2 heterocycles. The van der Waals surface area contributed by atoms with Crippen molar-refractivity contribution < 1.29 is 19.0 Å². The third-order valence-corrected chi connectivity index (χ3v) is 6.14. The minimum absolute atomic E-state index is 0.319. The van der Waals surface area contributed by atoms with Crippen molar-refractivity contribution in [1.29, 1.82) is 0 Å². The Balaban J connectivity index is 1.53. The van der Waals surface area contributed by atoms with Gasteiger partial charge in [-0.3, -0.25) is 4.79 Å². The van der Waals surface area contributed by atoms with Gasteiger partial charge in [-0.1, -0.05) is 48.5 Å². The molecule has 0 saturated carbocycles. The summed E-state index contributed by atoms with van der Waals surface area (Å²) in [6, 6.07) is 22.2. The van der Waals surface area contributed by atoms with Crippen molar-refractivity contribution >= 4 is 17.5 Å². The molecule has 3 aromatic carbocycles. The van der Waals surface area contributed by atoms with Crippen molar-refractivity contribution in [2.24, 2.45) is 0 Å².